The average molecular weight is 318 g/mol. The van der Waals surface area contributed by atoms with E-state index in [9.17, 15) is 10.2 Å². The summed E-state index contributed by atoms with van der Waals surface area (Å²) in [5.41, 5.74) is 0.137. The van der Waals surface area contributed by atoms with Gasteiger partial charge in [0.05, 0.1) is 18.8 Å². The van der Waals surface area contributed by atoms with Gasteiger partial charge in [0, 0.05) is 0 Å². The molecule has 0 unspecified atom stereocenters. The van der Waals surface area contributed by atoms with Gasteiger partial charge in [0.25, 0.3) is 0 Å². The first-order valence-electron chi connectivity index (χ1n) is 8.96. The number of aliphatic hydroxyl groups excluding tert-OH is 1. The van der Waals surface area contributed by atoms with Gasteiger partial charge in [-0.2, -0.15) is 0 Å². The Labute approximate surface area is 139 Å². The van der Waals surface area contributed by atoms with Crippen LogP contribution in [-0.4, -0.2) is 28.5 Å². The summed E-state index contributed by atoms with van der Waals surface area (Å²) >= 11 is 0. The Morgan fingerprint density at radius 2 is 1.91 bits per heavy atom. The highest BCUT2D eigenvalue weighted by Gasteiger charge is 2.64. The summed E-state index contributed by atoms with van der Waals surface area (Å²) < 4.78 is 6.16. The Kier molecular flexibility index (Phi) is 4.56. The second-order valence-corrected chi connectivity index (χ2v) is 8.05. The van der Waals surface area contributed by atoms with Crippen molar-refractivity contribution in [2.24, 2.45) is 17.3 Å². The fraction of sp³-hybridized carbons (Fsp3) is 0.700. The van der Waals surface area contributed by atoms with Crippen LogP contribution in [0.1, 0.15) is 58.1 Å². The molecule has 3 saturated carbocycles. The van der Waals surface area contributed by atoms with Crippen LogP contribution in [0.4, 0.5) is 0 Å². The van der Waals surface area contributed by atoms with Crippen molar-refractivity contribution >= 4 is 0 Å². The summed E-state index contributed by atoms with van der Waals surface area (Å²) in [5, 5.41) is 21.6. The van der Waals surface area contributed by atoms with Crippen molar-refractivity contribution in [2.75, 3.05) is 6.61 Å². The van der Waals surface area contributed by atoms with E-state index >= 15 is 0 Å². The van der Waals surface area contributed by atoms with Crippen LogP contribution in [0.15, 0.2) is 30.3 Å². The Morgan fingerprint density at radius 3 is 2.52 bits per heavy atom. The molecule has 0 heterocycles. The van der Waals surface area contributed by atoms with Gasteiger partial charge in [0.2, 0.25) is 0 Å². The van der Waals surface area contributed by atoms with Crippen molar-refractivity contribution in [1.82, 2.24) is 0 Å². The van der Waals surface area contributed by atoms with Gasteiger partial charge in [0.1, 0.15) is 5.60 Å². The van der Waals surface area contributed by atoms with Gasteiger partial charge in [-0.3, -0.25) is 0 Å². The Morgan fingerprint density at radius 1 is 1.22 bits per heavy atom. The molecule has 128 valence electrons. The lowest BCUT2D eigenvalue weighted by Gasteiger charge is -2.64. The topological polar surface area (TPSA) is 49.7 Å². The molecule has 1 aromatic rings. The summed E-state index contributed by atoms with van der Waals surface area (Å²) in [6.07, 6.45) is 2.96. The number of hydrogen-bond donors (Lipinski definition) is 2. The van der Waals surface area contributed by atoms with Crippen LogP contribution in [0, 0.1) is 17.3 Å². The number of rotatable bonds is 6. The molecule has 2 bridgehead atoms. The van der Waals surface area contributed by atoms with Gasteiger partial charge in [-0.15, -0.1) is 0 Å². The third kappa shape index (κ3) is 2.84. The van der Waals surface area contributed by atoms with Crippen LogP contribution < -0.4 is 0 Å². The SMILES string of the molecule is CCC[C@@H](OC[C@@]1(O)[C@H](O)C[C@@H]2C[C@H]1C2(C)C)c1ccccc1. The van der Waals surface area contributed by atoms with Gasteiger partial charge in [-0.25, -0.2) is 0 Å². The molecule has 0 spiro atoms. The molecule has 3 fully saturated rings. The van der Waals surface area contributed by atoms with E-state index in [1.165, 1.54) is 0 Å². The first kappa shape index (κ1) is 16.9. The molecule has 2 N–H and O–H groups in total. The summed E-state index contributed by atoms with van der Waals surface area (Å²) in [5.74, 6) is 0.658. The first-order valence-corrected chi connectivity index (χ1v) is 8.96. The molecule has 3 aliphatic carbocycles. The quantitative estimate of drug-likeness (QED) is 0.841. The normalized spacial score (nSPS) is 36.3. The van der Waals surface area contributed by atoms with E-state index in [0.29, 0.717) is 12.3 Å². The van der Waals surface area contributed by atoms with Crippen LogP contribution in [0.5, 0.6) is 0 Å². The molecule has 23 heavy (non-hydrogen) atoms. The Balaban J connectivity index is 1.72. The maximum absolute atomic E-state index is 11.2. The lowest BCUT2D eigenvalue weighted by Crippen LogP contribution is -2.69. The molecule has 0 saturated heterocycles. The minimum absolute atomic E-state index is 0.0154. The number of aliphatic hydroxyl groups is 2. The van der Waals surface area contributed by atoms with Crippen LogP contribution in [0.2, 0.25) is 0 Å². The predicted molar refractivity (Wildman–Crippen MR) is 91.0 cm³/mol. The van der Waals surface area contributed by atoms with Crippen molar-refractivity contribution < 1.29 is 14.9 Å². The van der Waals surface area contributed by atoms with Crippen LogP contribution >= 0.6 is 0 Å². The fourth-order valence-electron chi connectivity index (χ4n) is 4.68. The molecule has 0 radical (unpaired) electrons. The molecule has 0 amide bonds. The summed E-state index contributed by atoms with van der Waals surface area (Å²) in [6.45, 7) is 6.78. The van der Waals surface area contributed by atoms with Crippen LogP contribution in [0.25, 0.3) is 0 Å². The van der Waals surface area contributed by atoms with Crippen molar-refractivity contribution in [3.05, 3.63) is 35.9 Å². The molecule has 3 aliphatic rings. The fourth-order valence-corrected chi connectivity index (χ4v) is 4.68. The average Bonchev–Trinajstić information content (AvgIpc) is 2.54. The van der Waals surface area contributed by atoms with Gasteiger partial charge < -0.3 is 14.9 Å². The minimum atomic E-state index is -1.11. The first-order chi connectivity index (χ1) is 10.9. The third-order valence-electron chi connectivity index (χ3n) is 6.40. The van der Waals surface area contributed by atoms with Crippen molar-refractivity contribution in [3.63, 3.8) is 0 Å². The standard InChI is InChI=1S/C20H30O3/c1-4-8-16(14-9-6-5-7-10-14)23-13-20(22)17-11-15(12-18(20)21)19(17,2)3/h5-7,9-10,15-18,21-22H,4,8,11-13H2,1-3H3/t15-,16+,17-,18+,20-/m0/s1. The number of hydrogen-bond acceptors (Lipinski definition) is 3. The molecular formula is C20H30O3. The van der Waals surface area contributed by atoms with E-state index in [4.69, 9.17) is 4.74 Å². The van der Waals surface area contributed by atoms with Crippen LogP contribution in [0.3, 0.4) is 0 Å². The zero-order chi connectivity index (χ0) is 16.7. The van der Waals surface area contributed by atoms with Gasteiger partial charge in [-0.1, -0.05) is 57.5 Å². The van der Waals surface area contributed by atoms with E-state index in [-0.39, 0.29) is 24.0 Å². The molecular weight excluding hydrogens is 288 g/mol. The maximum Gasteiger partial charge on any atom is 0.117 e. The highest BCUT2D eigenvalue weighted by atomic mass is 16.5. The lowest BCUT2D eigenvalue weighted by atomic mass is 9.43. The van der Waals surface area contributed by atoms with Crippen molar-refractivity contribution in [1.29, 1.82) is 0 Å². The zero-order valence-electron chi connectivity index (χ0n) is 14.5. The minimum Gasteiger partial charge on any atom is -0.390 e. The number of fused-ring (bicyclic) bond motifs is 2. The summed E-state index contributed by atoms with van der Waals surface area (Å²) in [4.78, 5) is 0. The van der Waals surface area contributed by atoms with Gasteiger partial charge in [-0.05, 0) is 42.1 Å². The summed E-state index contributed by atoms with van der Waals surface area (Å²) in [7, 11) is 0. The molecule has 3 heteroatoms. The molecule has 0 aromatic heterocycles. The monoisotopic (exact) mass is 318 g/mol. The maximum atomic E-state index is 11.2. The van der Waals surface area contributed by atoms with Crippen LogP contribution in [-0.2, 0) is 4.74 Å². The number of ether oxygens (including phenoxy) is 1. The smallest absolute Gasteiger partial charge is 0.117 e. The van der Waals surface area contributed by atoms with E-state index in [2.05, 4.69) is 32.9 Å². The van der Waals surface area contributed by atoms with Gasteiger partial charge >= 0.3 is 0 Å². The second kappa shape index (κ2) is 6.19. The lowest BCUT2D eigenvalue weighted by molar-refractivity contribution is -0.273. The molecule has 3 nitrogen and oxygen atoms in total. The zero-order valence-corrected chi connectivity index (χ0v) is 14.5. The Bertz CT molecular complexity index is 527. The van der Waals surface area contributed by atoms with E-state index in [0.717, 1.165) is 24.8 Å². The van der Waals surface area contributed by atoms with Crippen molar-refractivity contribution in [2.45, 2.75) is 64.3 Å². The summed E-state index contributed by atoms with van der Waals surface area (Å²) in [6, 6.07) is 10.2. The molecule has 1 aromatic carbocycles. The predicted octanol–water partition coefficient (Wildman–Crippen LogP) is 3.70. The molecule has 0 aliphatic heterocycles. The highest BCUT2D eigenvalue weighted by molar-refractivity contribution is 5.18. The van der Waals surface area contributed by atoms with Crippen molar-refractivity contribution in [3.8, 4) is 0 Å². The van der Waals surface area contributed by atoms with E-state index in [1.54, 1.807) is 0 Å². The van der Waals surface area contributed by atoms with E-state index in [1.807, 2.05) is 18.2 Å². The molecule has 5 atom stereocenters. The molecule has 4 rings (SSSR count). The number of benzene rings is 1. The van der Waals surface area contributed by atoms with Gasteiger partial charge in [0.15, 0.2) is 0 Å². The third-order valence-corrected chi connectivity index (χ3v) is 6.40. The second-order valence-electron chi connectivity index (χ2n) is 8.05. The Hall–Kier alpha value is -0.900. The van der Waals surface area contributed by atoms with E-state index < -0.39 is 11.7 Å². The highest BCUT2D eigenvalue weighted by Crippen LogP contribution is 2.62. The largest absolute Gasteiger partial charge is 0.390 e.